The molecule has 3 N–H and O–H groups in total. The van der Waals surface area contributed by atoms with E-state index in [4.69, 9.17) is 5.11 Å². The average Bonchev–Trinajstić information content (AvgIpc) is 2.38. The summed E-state index contributed by atoms with van der Waals surface area (Å²) in [6.45, 7) is 3.94. The van der Waals surface area contributed by atoms with Crippen LogP contribution >= 0.6 is 0 Å². The molecule has 0 fully saturated rings. The molecule has 1 aromatic heterocycles. The first kappa shape index (κ1) is 13.1. The van der Waals surface area contributed by atoms with E-state index in [9.17, 15) is 9.59 Å². The Morgan fingerprint density at radius 1 is 1.53 bits per heavy atom. The summed E-state index contributed by atoms with van der Waals surface area (Å²) in [6.07, 6.45) is 0.855. The van der Waals surface area contributed by atoms with Crippen LogP contribution in [0.4, 0.5) is 5.82 Å². The molecule has 1 unspecified atom stereocenters. The number of aromatic carboxylic acids is 1. The first-order chi connectivity index (χ1) is 9.01. The van der Waals surface area contributed by atoms with Gasteiger partial charge in [-0.15, -0.1) is 0 Å². The molecule has 2 rings (SSSR count). The summed E-state index contributed by atoms with van der Waals surface area (Å²) in [6, 6.07) is 4.54. The van der Waals surface area contributed by atoms with Gasteiger partial charge in [-0.25, -0.2) is 9.78 Å². The molecule has 1 aromatic carbocycles. The van der Waals surface area contributed by atoms with Crippen molar-refractivity contribution in [3.8, 4) is 0 Å². The van der Waals surface area contributed by atoms with Crippen LogP contribution < -0.4 is 10.9 Å². The minimum absolute atomic E-state index is 0.119. The predicted molar refractivity (Wildman–Crippen MR) is 72.7 cm³/mol. The highest BCUT2D eigenvalue weighted by molar-refractivity contribution is 5.92. The van der Waals surface area contributed by atoms with Gasteiger partial charge >= 0.3 is 5.97 Å². The van der Waals surface area contributed by atoms with E-state index in [1.807, 2.05) is 13.8 Å². The highest BCUT2D eigenvalue weighted by Crippen LogP contribution is 2.12. The Hall–Kier alpha value is -2.37. The van der Waals surface area contributed by atoms with E-state index in [-0.39, 0.29) is 23.0 Å². The maximum Gasteiger partial charge on any atom is 0.335 e. The Balaban J connectivity index is 2.52. The van der Waals surface area contributed by atoms with Crippen molar-refractivity contribution >= 4 is 22.8 Å². The third-order valence-corrected chi connectivity index (χ3v) is 2.94. The Morgan fingerprint density at radius 2 is 2.26 bits per heavy atom. The molecule has 0 aliphatic rings. The van der Waals surface area contributed by atoms with Crippen LogP contribution in [0.3, 0.4) is 0 Å². The minimum Gasteiger partial charge on any atom is -0.478 e. The molecular weight excluding hydrogens is 246 g/mol. The molecule has 1 atom stereocenters. The number of carbonyl (C=O) groups is 1. The Labute approximate surface area is 109 Å². The van der Waals surface area contributed by atoms with Gasteiger partial charge in [0.1, 0.15) is 0 Å². The molecule has 6 nitrogen and oxygen atoms in total. The monoisotopic (exact) mass is 261 g/mol. The average molecular weight is 261 g/mol. The maximum atomic E-state index is 11.8. The highest BCUT2D eigenvalue weighted by Gasteiger charge is 2.09. The zero-order chi connectivity index (χ0) is 14.0. The number of nitrogens with one attached hydrogen (secondary N) is 2. The highest BCUT2D eigenvalue weighted by atomic mass is 16.4. The van der Waals surface area contributed by atoms with Crippen LogP contribution in [0.5, 0.6) is 0 Å². The molecule has 100 valence electrons. The first-order valence-electron chi connectivity index (χ1n) is 6.05. The number of H-pyrrole nitrogens is 1. The molecule has 0 aliphatic carbocycles. The topological polar surface area (TPSA) is 95.1 Å². The number of hydrogen-bond donors (Lipinski definition) is 3. The van der Waals surface area contributed by atoms with E-state index in [0.717, 1.165) is 6.42 Å². The number of carboxylic acid groups (broad SMARTS) is 1. The van der Waals surface area contributed by atoms with Gasteiger partial charge in [0.2, 0.25) is 0 Å². The lowest BCUT2D eigenvalue weighted by Gasteiger charge is -2.11. The third kappa shape index (κ3) is 2.73. The van der Waals surface area contributed by atoms with E-state index in [1.165, 1.54) is 12.1 Å². The number of benzene rings is 1. The zero-order valence-electron chi connectivity index (χ0n) is 10.7. The van der Waals surface area contributed by atoms with Gasteiger partial charge in [-0.05, 0) is 31.5 Å². The number of nitrogens with zero attached hydrogens (tertiary/aromatic N) is 1. The second-order valence-corrected chi connectivity index (χ2v) is 4.41. The quantitative estimate of drug-likeness (QED) is 0.780. The molecule has 0 spiro atoms. The van der Waals surface area contributed by atoms with E-state index in [2.05, 4.69) is 15.3 Å². The number of aromatic amines is 1. The fourth-order valence-corrected chi connectivity index (χ4v) is 1.65. The van der Waals surface area contributed by atoms with Gasteiger partial charge in [0, 0.05) is 6.04 Å². The van der Waals surface area contributed by atoms with Crippen molar-refractivity contribution < 1.29 is 9.90 Å². The molecule has 0 saturated carbocycles. The second-order valence-electron chi connectivity index (χ2n) is 4.41. The van der Waals surface area contributed by atoms with Crippen molar-refractivity contribution in [1.82, 2.24) is 9.97 Å². The smallest absolute Gasteiger partial charge is 0.335 e. The summed E-state index contributed by atoms with van der Waals surface area (Å²) < 4.78 is 0. The van der Waals surface area contributed by atoms with E-state index >= 15 is 0 Å². The van der Waals surface area contributed by atoms with Crippen LogP contribution in [0.1, 0.15) is 30.6 Å². The van der Waals surface area contributed by atoms with Crippen LogP contribution in [-0.2, 0) is 0 Å². The van der Waals surface area contributed by atoms with Crippen molar-refractivity contribution in [2.45, 2.75) is 26.3 Å². The Bertz CT molecular complexity index is 678. The van der Waals surface area contributed by atoms with Crippen molar-refractivity contribution in [1.29, 1.82) is 0 Å². The SMILES string of the molecule is CCC(C)Nc1nc2cc(C(=O)O)ccc2[nH]c1=O. The lowest BCUT2D eigenvalue weighted by atomic mass is 10.2. The molecule has 0 saturated heterocycles. The molecule has 2 aromatic rings. The van der Waals surface area contributed by atoms with Gasteiger partial charge < -0.3 is 15.4 Å². The first-order valence-corrected chi connectivity index (χ1v) is 6.05. The summed E-state index contributed by atoms with van der Waals surface area (Å²) in [5.74, 6) is -0.810. The van der Waals surface area contributed by atoms with Crippen LogP contribution in [-0.4, -0.2) is 27.1 Å². The number of fused-ring (bicyclic) bond motifs is 1. The van der Waals surface area contributed by atoms with Crippen molar-refractivity contribution in [3.05, 3.63) is 34.1 Å². The molecule has 19 heavy (non-hydrogen) atoms. The van der Waals surface area contributed by atoms with Crippen LogP contribution in [0.25, 0.3) is 11.0 Å². The standard InChI is InChI=1S/C13H15N3O3/c1-3-7(2)14-11-12(17)16-9-5-4-8(13(18)19)6-10(9)15-11/h4-7H,3H2,1-2H3,(H,14,15)(H,16,17)(H,18,19). The third-order valence-electron chi connectivity index (χ3n) is 2.94. The number of anilines is 1. The molecule has 1 heterocycles. The number of rotatable bonds is 4. The Morgan fingerprint density at radius 3 is 2.89 bits per heavy atom. The zero-order valence-corrected chi connectivity index (χ0v) is 10.7. The van der Waals surface area contributed by atoms with Crippen LogP contribution in [0.2, 0.25) is 0 Å². The molecular formula is C13H15N3O3. The fourth-order valence-electron chi connectivity index (χ4n) is 1.65. The lowest BCUT2D eigenvalue weighted by molar-refractivity contribution is 0.0697. The van der Waals surface area contributed by atoms with Gasteiger partial charge in [0.25, 0.3) is 5.56 Å². The summed E-state index contributed by atoms with van der Waals surface area (Å²) in [7, 11) is 0. The van der Waals surface area contributed by atoms with E-state index < -0.39 is 5.97 Å². The molecule has 6 heteroatoms. The second kappa shape index (κ2) is 5.09. The summed E-state index contributed by atoms with van der Waals surface area (Å²) in [4.78, 5) is 29.6. The lowest BCUT2D eigenvalue weighted by Crippen LogP contribution is -2.22. The van der Waals surface area contributed by atoms with Gasteiger partial charge in [-0.1, -0.05) is 6.92 Å². The van der Waals surface area contributed by atoms with Gasteiger partial charge in [0.15, 0.2) is 5.82 Å². The normalized spacial score (nSPS) is 12.3. The van der Waals surface area contributed by atoms with Gasteiger partial charge in [-0.2, -0.15) is 0 Å². The number of hydrogen-bond acceptors (Lipinski definition) is 4. The molecule has 0 aliphatic heterocycles. The maximum absolute atomic E-state index is 11.8. The number of aromatic nitrogens is 2. The van der Waals surface area contributed by atoms with Crippen molar-refractivity contribution in [3.63, 3.8) is 0 Å². The van der Waals surface area contributed by atoms with Crippen molar-refractivity contribution in [2.24, 2.45) is 0 Å². The molecule has 0 bridgehead atoms. The largest absolute Gasteiger partial charge is 0.478 e. The van der Waals surface area contributed by atoms with E-state index in [1.54, 1.807) is 6.07 Å². The molecule has 0 radical (unpaired) electrons. The fraction of sp³-hybridized carbons (Fsp3) is 0.308. The van der Waals surface area contributed by atoms with E-state index in [0.29, 0.717) is 11.0 Å². The van der Waals surface area contributed by atoms with Crippen LogP contribution in [0, 0.1) is 0 Å². The van der Waals surface area contributed by atoms with Crippen molar-refractivity contribution in [2.75, 3.05) is 5.32 Å². The minimum atomic E-state index is -1.02. The van der Waals surface area contributed by atoms with Gasteiger partial charge in [-0.3, -0.25) is 4.79 Å². The number of carboxylic acids is 1. The van der Waals surface area contributed by atoms with Crippen LogP contribution in [0.15, 0.2) is 23.0 Å². The van der Waals surface area contributed by atoms with Gasteiger partial charge in [0.05, 0.1) is 16.6 Å². The molecule has 0 amide bonds. The predicted octanol–water partition coefficient (Wildman–Crippen LogP) is 1.83. The summed E-state index contributed by atoms with van der Waals surface area (Å²) in [5, 5.41) is 11.9. The summed E-state index contributed by atoms with van der Waals surface area (Å²) >= 11 is 0. The Kier molecular flexibility index (Phi) is 3.50. The summed E-state index contributed by atoms with van der Waals surface area (Å²) in [5.41, 5.74) is 0.799.